The summed E-state index contributed by atoms with van der Waals surface area (Å²) in [6.45, 7) is 11.6. The predicted octanol–water partition coefficient (Wildman–Crippen LogP) is 7.18. The highest BCUT2D eigenvalue weighted by Gasteiger charge is 2.29. The summed E-state index contributed by atoms with van der Waals surface area (Å²) in [6, 6.07) is 32.8. The molecule has 6 rings (SSSR count). The Labute approximate surface area is 285 Å². The zero-order chi connectivity index (χ0) is 33.3. The molecule has 0 unspecified atom stereocenters. The minimum absolute atomic E-state index is 0.0688. The number of nitrogens with zero attached hydrogens (tertiary/aromatic N) is 2. The molecule has 0 aromatic heterocycles. The summed E-state index contributed by atoms with van der Waals surface area (Å²) < 4.78 is 12.0. The van der Waals surface area contributed by atoms with Crippen LogP contribution in [0.25, 0.3) is 5.70 Å². The number of rotatable bonds is 13. The SMILES string of the molecule is C=C(N)c1ccc(OCc2cccc(CN3CCC(C4CCN(Cc5cccc(COc6ccc(C(=N)N)cc6)c5)CC4)CC3)c2)cc1. The molecule has 2 saturated heterocycles. The first kappa shape index (κ1) is 33.3. The lowest BCUT2D eigenvalue weighted by atomic mass is 9.78. The molecule has 7 heteroatoms. The van der Waals surface area contributed by atoms with E-state index in [1.165, 1.54) is 74.1 Å². The number of nitrogens with one attached hydrogen (secondary N) is 1. The number of nitrogens with two attached hydrogens (primary N) is 2. The molecule has 5 N–H and O–H groups in total. The summed E-state index contributed by atoms with van der Waals surface area (Å²) in [4.78, 5) is 5.25. The Kier molecular flexibility index (Phi) is 11.1. The number of benzene rings is 4. The van der Waals surface area contributed by atoms with Crippen LogP contribution in [0.4, 0.5) is 0 Å². The van der Waals surface area contributed by atoms with Crippen LogP contribution in [0.1, 0.15) is 59.1 Å². The molecule has 0 saturated carbocycles. The van der Waals surface area contributed by atoms with Crippen molar-refractivity contribution in [3.63, 3.8) is 0 Å². The average molecular weight is 644 g/mol. The smallest absolute Gasteiger partial charge is 0.122 e. The van der Waals surface area contributed by atoms with Crippen LogP contribution in [0.3, 0.4) is 0 Å². The molecule has 0 aliphatic carbocycles. The summed E-state index contributed by atoms with van der Waals surface area (Å²) in [5, 5.41) is 7.55. The van der Waals surface area contributed by atoms with E-state index in [0.717, 1.165) is 42.0 Å². The van der Waals surface area contributed by atoms with E-state index in [1.54, 1.807) is 0 Å². The molecule has 250 valence electrons. The average Bonchev–Trinajstić information content (AvgIpc) is 3.11. The molecule has 2 heterocycles. The molecule has 48 heavy (non-hydrogen) atoms. The van der Waals surface area contributed by atoms with Gasteiger partial charge >= 0.3 is 0 Å². The summed E-state index contributed by atoms with van der Waals surface area (Å²) in [6.07, 6.45) is 5.21. The van der Waals surface area contributed by atoms with Crippen molar-refractivity contribution in [2.24, 2.45) is 23.3 Å². The van der Waals surface area contributed by atoms with Gasteiger partial charge in [0.15, 0.2) is 0 Å². The Hall–Kier alpha value is -4.59. The Balaban J connectivity index is 0.901. The molecule has 0 radical (unpaired) electrons. The molecule has 7 nitrogen and oxygen atoms in total. The van der Waals surface area contributed by atoms with Gasteiger partial charge in [-0.1, -0.05) is 55.1 Å². The van der Waals surface area contributed by atoms with Gasteiger partial charge in [-0.05, 0) is 140 Å². The van der Waals surface area contributed by atoms with Crippen molar-refractivity contribution in [2.45, 2.75) is 52.0 Å². The predicted molar refractivity (Wildman–Crippen MR) is 195 cm³/mol. The van der Waals surface area contributed by atoms with E-state index in [-0.39, 0.29) is 5.84 Å². The normalized spacial score (nSPS) is 16.4. The van der Waals surface area contributed by atoms with Crippen molar-refractivity contribution >= 4 is 11.5 Å². The lowest BCUT2D eigenvalue weighted by Crippen LogP contribution is -2.40. The maximum absolute atomic E-state index is 7.55. The van der Waals surface area contributed by atoms with Crippen LogP contribution in [0, 0.1) is 17.2 Å². The van der Waals surface area contributed by atoms with Crippen molar-refractivity contribution in [1.82, 2.24) is 9.80 Å². The fraction of sp³-hybridized carbons (Fsp3) is 0.341. The van der Waals surface area contributed by atoms with Gasteiger partial charge in [0, 0.05) is 24.4 Å². The molecular weight excluding hydrogens is 594 g/mol. The Bertz CT molecular complexity index is 1530. The minimum atomic E-state index is 0.0688. The summed E-state index contributed by atoms with van der Waals surface area (Å²) in [5.41, 5.74) is 18.6. The standard InChI is InChI=1S/C41H49N5O2/c1-30(42)35-8-12-39(13-9-35)47-28-33-6-2-4-31(24-33)26-45-20-16-36(17-21-45)37-18-22-46(23-19-37)27-32-5-3-7-34(25-32)29-48-40-14-10-38(11-15-40)41(43)44/h2-15,24-25,36-37H,1,16-23,26-29,42H2,(H3,43,44). The summed E-state index contributed by atoms with van der Waals surface area (Å²) >= 11 is 0. The quantitative estimate of drug-likeness (QED) is 0.105. The molecule has 4 aromatic carbocycles. The van der Waals surface area contributed by atoms with Crippen LogP contribution >= 0.6 is 0 Å². The number of ether oxygens (including phenoxy) is 2. The zero-order valence-electron chi connectivity index (χ0n) is 28.0. The van der Waals surface area contributed by atoms with E-state index in [1.807, 2.05) is 48.5 Å². The van der Waals surface area contributed by atoms with E-state index < -0.39 is 0 Å². The molecule has 0 amide bonds. The number of amidine groups is 1. The molecule has 2 fully saturated rings. The lowest BCUT2D eigenvalue weighted by Gasteiger charge is -2.40. The highest BCUT2D eigenvalue weighted by Crippen LogP contribution is 2.33. The van der Waals surface area contributed by atoms with Crippen LogP contribution < -0.4 is 20.9 Å². The Morgan fingerprint density at radius 2 is 1.00 bits per heavy atom. The van der Waals surface area contributed by atoms with E-state index in [9.17, 15) is 0 Å². The van der Waals surface area contributed by atoms with Gasteiger partial charge < -0.3 is 20.9 Å². The van der Waals surface area contributed by atoms with Crippen molar-refractivity contribution in [3.8, 4) is 11.5 Å². The fourth-order valence-electron chi connectivity index (χ4n) is 7.15. The number of piperidine rings is 2. The number of hydrogen-bond donors (Lipinski definition) is 3. The topological polar surface area (TPSA) is 101 Å². The van der Waals surface area contributed by atoms with Crippen LogP contribution in [0.5, 0.6) is 11.5 Å². The maximum atomic E-state index is 7.55. The summed E-state index contributed by atoms with van der Waals surface area (Å²) in [5.74, 6) is 3.38. The van der Waals surface area contributed by atoms with Crippen LogP contribution in [-0.2, 0) is 26.3 Å². The lowest BCUT2D eigenvalue weighted by molar-refractivity contribution is 0.0909. The minimum Gasteiger partial charge on any atom is -0.489 e. The third kappa shape index (κ3) is 9.27. The van der Waals surface area contributed by atoms with Crippen LogP contribution in [0.2, 0.25) is 0 Å². The van der Waals surface area contributed by atoms with Crippen molar-refractivity contribution in [2.75, 3.05) is 26.2 Å². The van der Waals surface area contributed by atoms with Gasteiger partial charge in [-0.25, -0.2) is 0 Å². The van der Waals surface area contributed by atoms with Gasteiger partial charge in [0.25, 0.3) is 0 Å². The number of nitrogen functional groups attached to an aromatic ring is 1. The maximum Gasteiger partial charge on any atom is 0.122 e. The third-order valence-electron chi connectivity index (χ3n) is 9.93. The largest absolute Gasteiger partial charge is 0.489 e. The molecular formula is C41H49N5O2. The number of likely N-dealkylation sites (tertiary alicyclic amines) is 2. The first-order valence-electron chi connectivity index (χ1n) is 17.2. The Morgan fingerprint density at radius 1 is 0.604 bits per heavy atom. The van der Waals surface area contributed by atoms with Gasteiger partial charge in [-0.15, -0.1) is 0 Å². The van der Waals surface area contributed by atoms with Gasteiger partial charge in [-0.2, -0.15) is 0 Å². The molecule has 0 spiro atoms. The second-order valence-corrected chi connectivity index (χ2v) is 13.4. The van der Waals surface area contributed by atoms with E-state index in [0.29, 0.717) is 24.5 Å². The molecule has 2 aliphatic heterocycles. The monoisotopic (exact) mass is 643 g/mol. The molecule has 2 aliphatic rings. The summed E-state index contributed by atoms with van der Waals surface area (Å²) in [7, 11) is 0. The molecule has 4 aromatic rings. The zero-order valence-corrected chi connectivity index (χ0v) is 28.0. The highest BCUT2D eigenvalue weighted by molar-refractivity contribution is 5.94. The van der Waals surface area contributed by atoms with Gasteiger partial charge in [0.2, 0.25) is 0 Å². The highest BCUT2D eigenvalue weighted by atomic mass is 16.5. The molecule has 0 atom stereocenters. The van der Waals surface area contributed by atoms with E-state index >= 15 is 0 Å². The third-order valence-corrected chi connectivity index (χ3v) is 9.93. The number of hydrogen-bond acceptors (Lipinski definition) is 6. The fourth-order valence-corrected chi connectivity index (χ4v) is 7.15. The molecule has 0 bridgehead atoms. The van der Waals surface area contributed by atoms with Gasteiger partial charge in [-0.3, -0.25) is 15.2 Å². The second kappa shape index (κ2) is 16.0. The van der Waals surface area contributed by atoms with Crippen LogP contribution in [0.15, 0.2) is 104 Å². The second-order valence-electron chi connectivity index (χ2n) is 13.4. The first-order valence-corrected chi connectivity index (χ1v) is 17.2. The van der Waals surface area contributed by atoms with Crippen LogP contribution in [-0.4, -0.2) is 41.8 Å². The van der Waals surface area contributed by atoms with Crippen molar-refractivity contribution < 1.29 is 9.47 Å². The van der Waals surface area contributed by atoms with Crippen molar-refractivity contribution in [1.29, 1.82) is 5.41 Å². The van der Waals surface area contributed by atoms with Crippen molar-refractivity contribution in [3.05, 3.63) is 137 Å². The Morgan fingerprint density at radius 3 is 1.40 bits per heavy atom. The van der Waals surface area contributed by atoms with Gasteiger partial charge in [0.1, 0.15) is 30.5 Å². The first-order chi connectivity index (χ1) is 23.4. The van der Waals surface area contributed by atoms with E-state index in [4.69, 9.17) is 26.4 Å². The van der Waals surface area contributed by atoms with E-state index in [2.05, 4.69) is 64.9 Å². The van der Waals surface area contributed by atoms with Gasteiger partial charge in [0.05, 0.1) is 0 Å².